The fourth-order valence-corrected chi connectivity index (χ4v) is 9.31. The monoisotopic (exact) mass is 694 g/mol. The lowest BCUT2D eigenvalue weighted by Gasteiger charge is -2.38. The molecule has 0 saturated carbocycles. The van der Waals surface area contributed by atoms with Gasteiger partial charge in [-0.2, -0.15) is 5.26 Å². The predicted octanol–water partition coefficient (Wildman–Crippen LogP) is 5.87. The van der Waals surface area contributed by atoms with Gasteiger partial charge in [0.1, 0.15) is 12.1 Å². The van der Waals surface area contributed by atoms with Crippen molar-refractivity contribution in [3.8, 4) is 6.07 Å². The Morgan fingerprint density at radius 1 is 1.10 bits per heavy atom. The van der Waals surface area contributed by atoms with Crippen LogP contribution in [-0.2, 0) is 14.2 Å². The lowest BCUT2D eigenvalue weighted by atomic mass is 9.86. The number of nitrogens with one attached hydrogen (secondary N) is 1. The predicted molar refractivity (Wildman–Crippen MR) is 180 cm³/mol. The van der Waals surface area contributed by atoms with E-state index in [1.54, 1.807) is 9.80 Å². The molecule has 2 aromatic carbocycles. The first-order valence-electron chi connectivity index (χ1n) is 16.6. The second-order valence-electron chi connectivity index (χ2n) is 13.3. The Kier molecular flexibility index (Phi) is 10.0. The second kappa shape index (κ2) is 14.1. The molecule has 0 aliphatic carbocycles. The number of carbonyl (C=O) groups excluding carboxylic acids is 3. The number of rotatable bonds is 8. The van der Waals surface area contributed by atoms with Gasteiger partial charge in [-0.3, -0.25) is 18.9 Å². The zero-order chi connectivity index (χ0) is 34.2. The van der Waals surface area contributed by atoms with Gasteiger partial charge >= 0.3 is 7.60 Å². The van der Waals surface area contributed by atoms with Crippen molar-refractivity contribution >= 4 is 46.7 Å². The highest BCUT2D eigenvalue weighted by atomic mass is 32.1. The normalized spacial score (nSPS) is 26.9. The van der Waals surface area contributed by atoms with Crippen molar-refractivity contribution in [2.24, 2.45) is 11.8 Å². The van der Waals surface area contributed by atoms with Gasteiger partial charge in [0.25, 0.3) is 5.91 Å². The number of hydrogen-bond donors (Lipinski definition) is 3. The maximum absolute atomic E-state index is 14.4. The summed E-state index contributed by atoms with van der Waals surface area (Å²) in [5.74, 6) is -3.48. The molecule has 3 fully saturated rings. The molecule has 7 atom stereocenters. The van der Waals surface area contributed by atoms with E-state index in [1.807, 2.05) is 30.3 Å². The molecule has 0 spiro atoms. The average molecular weight is 695 g/mol. The van der Waals surface area contributed by atoms with E-state index in [2.05, 4.69) is 18.3 Å². The fraction of sp³-hybridized carbons (Fsp3) is 0.486. The van der Waals surface area contributed by atoms with E-state index in [-0.39, 0.29) is 40.1 Å². The number of amides is 3. The van der Waals surface area contributed by atoms with Crippen LogP contribution in [-0.4, -0.2) is 68.5 Å². The highest BCUT2D eigenvalue weighted by Gasteiger charge is 2.48. The van der Waals surface area contributed by atoms with Crippen LogP contribution in [0.3, 0.4) is 0 Å². The van der Waals surface area contributed by atoms with Crippen LogP contribution in [0.1, 0.15) is 84.5 Å². The maximum atomic E-state index is 14.4. The third-order valence-corrected chi connectivity index (χ3v) is 12.2. The number of carbonyl (C=O) groups is 3. The first kappa shape index (κ1) is 34.3. The van der Waals surface area contributed by atoms with Gasteiger partial charge in [0.15, 0.2) is 0 Å². The Balaban J connectivity index is 1.22. The molecular weight excluding hydrogens is 654 g/mol. The van der Waals surface area contributed by atoms with E-state index in [4.69, 9.17) is 0 Å². The number of nitriles is 1. The third kappa shape index (κ3) is 6.92. The van der Waals surface area contributed by atoms with Gasteiger partial charge < -0.3 is 24.9 Å². The van der Waals surface area contributed by atoms with Crippen LogP contribution in [0.25, 0.3) is 10.1 Å². The highest BCUT2D eigenvalue weighted by molar-refractivity contribution is 7.51. The van der Waals surface area contributed by atoms with Crippen LogP contribution in [0, 0.1) is 23.2 Å². The molecule has 1 unspecified atom stereocenters. The molecule has 3 aromatic rings. The van der Waals surface area contributed by atoms with E-state index in [0.717, 1.165) is 42.6 Å². The van der Waals surface area contributed by atoms with E-state index in [0.29, 0.717) is 48.4 Å². The summed E-state index contributed by atoms with van der Waals surface area (Å²) in [6.45, 7) is 2.84. The molecule has 3 aliphatic heterocycles. The van der Waals surface area contributed by atoms with Crippen LogP contribution in [0.4, 0.5) is 4.39 Å². The summed E-state index contributed by atoms with van der Waals surface area (Å²) in [6, 6.07) is 16.2. The first-order chi connectivity index (χ1) is 23.0. The van der Waals surface area contributed by atoms with E-state index >= 15 is 0 Å². The summed E-state index contributed by atoms with van der Waals surface area (Å²) in [4.78, 5) is 64.3. The molecule has 10 nitrogen and oxygen atoms in total. The average Bonchev–Trinajstić information content (AvgIpc) is 3.81. The van der Waals surface area contributed by atoms with Gasteiger partial charge in [-0.25, -0.2) is 4.39 Å². The lowest BCUT2D eigenvalue weighted by molar-refractivity contribution is -0.147. The summed E-state index contributed by atoms with van der Waals surface area (Å²) < 4.78 is 26.4. The summed E-state index contributed by atoms with van der Waals surface area (Å²) in [6.07, 6.45) is 5.19. The number of nitrogens with zero attached hydrogens (tertiary/aromatic N) is 3. The number of hydrogen-bond acceptors (Lipinski definition) is 6. The van der Waals surface area contributed by atoms with Crippen LogP contribution in [0.15, 0.2) is 54.6 Å². The lowest BCUT2D eigenvalue weighted by Crippen LogP contribution is -2.57. The quantitative estimate of drug-likeness (QED) is 0.250. The number of thiophene rings is 1. The third-order valence-electron chi connectivity index (χ3n) is 10.2. The largest absolute Gasteiger partial charge is 0.363 e. The SMILES string of the molecule is CCC[C@@H]1CC[C@H](NC(=O)c2cc3cc(C(F)P(=O)(O)O)ccc3s2)C(=O)N2[C@H](CC[C@H]2C(=O)N2C[C@@H](C#N)[C@H](c3ccccc3)C2)C1. The molecular formula is C35H40FN4O6PS. The molecule has 3 N–H and O–H groups in total. The minimum atomic E-state index is -4.99. The summed E-state index contributed by atoms with van der Waals surface area (Å²) in [5, 5.41) is 13.3. The Hall–Kier alpha value is -3.62. The van der Waals surface area contributed by atoms with Crippen molar-refractivity contribution in [2.75, 3.05) is 13.1 Å². The van der Waals surface area contributed by atoms with E-state index < -0.39 is 31.5 Å². The maximum Gasteiger partial charge on any atom is 0.363 e. The zero-order valence-electron chi connectivity index (χ0n) is 26.7. The minimum absolute atomic E-state index is 0.105. The van der Waals surface area contributed by atoms with Crippen molar-refractivity contribution in [3.63, 3.8) is 0 Å². The van der Waals surface area contributed by atoms with Crippen LogP contribution in [0.2, 0.25) is 0 Å². The number of benzene rings is 2. The van der Waals surface area contributed by atoms with Crippen molar-refractivity contribution in [1.29, 1.82) is 5.26 Å². The fourth-order valence-electron chi connectivity index (χ4n) is 7.81. The van der Waals surface area contributed by atoms with E-state index in [9.17, 15) is 38.4 Å². The number of alkyl halides is 1. The summed E-state index contributed by atoms with van der Waals surface area (Å²) in [5.41, 5.74) is 0.836. The Bertz CT molecular complexity index is 1780. The van der Waals surface area contributed by atoms with Crippen molar-refractivity contribution in [1.82, 2.24) is 15.1 Å². The van der Waals surface area contributed by atoms with Gasteiger partial charge in [0.05, 0.1) is 16.9 Å². The molecule has 48 heavy (non-hydrogen) atoms. The topological polar surface area (TPSA) is 151 Å². The van der Waals surface area contributed by atoms with Gasteiger partial charge in [-0.05, 0) is 72.7 Å². The number of likely N-dealkylation sites (tertiary alicyclic amines) is 1. The highest BCUT2D eigenvalue weighted by Crippen LogP contribution is 2.53. The van der Waals surface area contributed by atoms with Gasteiger partial charge in [-0.15, -0.1) is 11.3 Å². The molecule has 4 heterocycles. The smallest absolute Gasteiger partial charge is 0.340 e. The molecule has 3 amide bonds. The molecule has 0 bridgehead atoms. The molecule has 3 saturated heterocycles. The zero-order valence-corrected chi connectivity index (χ0v) is 28.4. The molecule has 1 aromatic heterocycles. The molecule has 254 valence electrons. The second-order valence-corrected chi connectivity index (χ2v) is 16.0. The number of fused-ring (bicyclic) bond motifs is 2. The van der Waals surface area contributed by atoms with Gasteiger partial charge in [0.2, 0.25) is 17.7 Å². The minimum Gasteiger partial charge on any atom is -0.340 e. The molecule has 0 radical (unpaired) electrons. The molecule has 6 rings (SSSR count). The first-order valence-corrected chi connectivity index (χ1v) is 19.1. The standard InChI is InChI=1S/C35H40FN4O6PS/c1-2-6-21-9-12-28(38-33(41)31-17-24-16-23(10-14-30(24)48-31)32(36)47(44,45)46)34(42)40-26(15-21)11-13-29(40)35(43)39-19-25(18-37)27(20-39)22-7-4-3-5-8-22/h3-5,7-8,10,14,16-17,21,25-29,32H,2,6,9,11-13,15,19-20H2,1H3,(H,38,41)(H2,44,45,46)/t21-,25-,26-,27+,28+,29+,32?/m1/s1. The summed E-state index contributed by atoms with van der Waals surface area (Å²) in [7, 11) is -4.99. The van der Waals surface area contributed by atoms with Crippen LogP contribution < -0.4 is 5.32 Å². The summed E-state index contributed by atoms with van der Waals surface area (Å²) >= 11 is 1.14. The molecule has 3 aliphatic rings. The van der Waals surface area contributed by atoms with Gasteiger partial charge in [-0.1, -0.05) is 56.2 Å². The molecule has 13 heteroatoms. The van der Waals surface area contributed by atoms with Crippen molar-refractivity contribution in [2.45, 2.75) is 81.8 Å². The van der Waals surface area contributed by atoms with Crippen LogP contribution in [0.5, 0.6) is 0 Å². The Labute approximate surface area is 283 Å². The Morgan fingerprint density at radius 2 is 1.88 bits per heavy atom. The van der Waals surface area contributed by atoms with Gasteiger partial charge in [0, 0.05) is 29.7 Å². The van der Waals surface area contributed by atoms with E-state index in [1.165, 1.54) is 24.3 Å². The van der Waals surface area contributed by atoms with Crippen LogP contribution >= 0.6 is 18.9 Å². The Morgan fingerprint density at radius 3 is 2.58 bits per heavy atom. The number of halogens is 1. The van der Waals surface area contributed by atoms with Crippen molar-refractivity contribution in [3.05, 3.63) is 70.6 Å². The van der Waals surface area contributed by atoms with Crippen molar-refractivity contribution < 1.29 is 33.1 Å².